The zero-order valence-electron chi connectivity index (χ0n) is 19.4. The van der Waals surface area contributed by atoms with E-state index in [9.17, 15) is 19.6 Å². The van der Waals surface area contributed by atoms with Gasteiger partial charge in [0.15, 0.2) is 6.20 Å². The van der Waals surface area contributed by atoms with Gasteiger partial charge in [0.05, 0.1) is 28.5 Å². The van der Waals surface area contributed by atoms with Crippen molar-refractivity contribution in [2.75, 3.05) is 32.6 Å². The van der Waals surface area contributed by atoms with Gasteiger partial charge in [0.25, 0.3) is 0 Å². The third kappa shape index (κ3) is 4.15. The van der Waals surface area contributed by atoms with Gasteiger partial charge in [-0.3, -0.25) is 0 Å². The molecule has 25 heavy (non-hydrogen) atoms. The van der Waals surface area contributed by atoms with E-state index in [1.165, 1.54) is 13.8 Å². The average molecular weight is 362 g/mol. The van der Waals surface area contributed by atoms with Crippen LogP contribution >= 0.6 is 0 Å². The Morgan fingerprint density at radius 3 is 2.40 bits per heavy atom. The lowest BCUT2D eigenvalue weighted by atomic mass is 10.1. The topological polar surface area (TPSA) is 127 Å². The summed E-state index contributed by atoms with van der Waals surface area (Å²) in [6.07, 6.45) is 0.794. The number of ether oxygens (including phenoxy) is 4. The molecular formula is C15H20N2O8. The van der Waals surface area contributed by atoms with Crippen molar-refractivity contribution < 1.29 is 46.3 Å². The van der Waals surface area contributed by atoms with Gasteiger partial charge in [-0.1, -0.05) is 0 Å². The minimum Gasteiger partial charge on any atom is -0.618 e. The van der Waals surface area contributed by atoms with Gasteiger partial charge in [0.1, 0.15) is 5.69 Å². The van der Waals surface area contributed by atoms with Crippen molar-refractivity contribution in [3.8, 4) is 0 Å². The number of aromatic nitrogens is 1. The molecule has 0 saturated heterocycles. The quantitative estimate of drug-likeness (QED) is 0.169. The van der Waals surface area contributed by atoms with E-state index >= 15 is 0 Å². The molecule has 0 aliphatic rings. The van der Waals surface area contributed by atoms with Crippen LogP contribution in [0.5, 0.6) is 0 Å². The van der Waals surface area contributed by atoms with Crippen LogP contribution in [0.15, 0.2) is 18.3 Å². The van der Waals surface area contributed by atoms with Gasteiger partial charge in [-0.2, -0.15) is 4.73 Å². The molecule has 1 N–H and O–H groups in total. The van der Waals surface area contributed by atoms with E-state index in [1.807, 2.05) is 0 Å². The number of hydrogen-bond acceptors (Lipinski definition) is 9. The molecule has 0 aliphatic carbocycles. The summed E-state index contributed by atoms with van der Waals surface area (Å²) in [7, 11) is -6.60. The molecule has 10 nitrogen and oxygen atoms in total. The molecule has 1 aromatic heterocycles. The van der Waals surface area contributed by atoms with Crippen LogP contribution in [-0.2, 0) is 28.5 Å². The largest absolute Gasteiger partial charge is 0.618 e. The number of carbonyl (C=O) groups is 3. The van der Waals surface area contributed by atoms with E-state index in [4.69, 9.17) is 22.4 Å². The van der Waals surface area contributed by atoms with Crippen LogP contribution in [0.1, 0.15) is 32.6 Å². The Balaban J connectivity index is 3.66. The molecule has 0 atom stereocenters. The monoisotopic (exact) mass is 362 g/mol. The fourth-order valence-corrected chi connectivity index (χ4v) is 1.79. The van der Waals surface area contributed by atoms with E-state index in [1.54, 1.807) is 0 Å². The molecule has 0 aliphatic heterocycles. The van der Waals surface area contributed by atoms with E-state index in [2.05, 4.69) is 10.1 Å². The van der Waals surface area contributed by atoms with Crippen LogP contribution < -0.4 is 10.0 Å². The van der Waals surface area contributed by atoms with Gasteiger partial charge < -0.3 is 29.5 Å². The van der Waals surface area contributed by atoms with Crippen molar-refractivity contribution in [2.45, 2.75) is 19.6 Å². The second-order valence-corrected chi connectivity index (χ2v) is 4.33. The molecule has 138 valence electrons. The summed E-state index contributed by atoms with van der Waals surface area (Å²) in [5, 5.41) is 14.2. The van der Waals surface area contributed by atoms with Crippen LogP contribution in [0.2, 0.25) is 0 Å². The fourth-order valence-electron chi connectivity index (χ4n) is 1.79. The number of pyridine rings is 1. The molecule has 0 fully saturated rings. The van der Waals surface area contributed by atoms with Crippen molar-refractivity contribution in [3.63, 3.8) is 0 Å². The second-order valence-electron chi connectivity index (χ2n) is 4.33. The molecular weight excluding hydrogens is 336 g/mol. The number of carbonyl (C=O) groups excluding carboxylic acids is 3. The van der Waals surface area contributed by atoms with Crippen LogP contribution in [-0.4, -0.2) is 50.9 Å². The molecule has 1 heterocycles. The summed E-state index contributed by atoms with van der Waals surface area (Å²) in [6.45, 7) is 2.10. The van der Waals surface area contributed by atoms with Gasteiger partial charge in [-0.25, -0.2) is 14.4 Å². The predicted molar refractivity (Wildman–Crippen MR) is 83.4 cm³/mol. The standard InChI is InChI=1S/C15H20N2O8/c1-5-24-13(19)15(23-4,14(20)25-6-2)16-10-8-7-9-17(21)11(10)12(18)22-3/h7-9,16H,5-6H2,1-4H3/i3D3,4D3. The first-order chi connectivity index (χ1) is 14.2. The van der Waals surface area contributed by atoms with Crippen molar-refractivity contribution in [2.24, 2.45) is 0 Å². The highest BCUT2D eigenvalue weighted by molar-refractivity contribution is 6.07. The molecule has 0 unspecified atom stereocenters. The smallest absolute Gasteiger partial charge is 0.407 e. The summed E-state index contributed by atoms with van der Waals surface area (Å²) in [6, 6.07) is 2.03. The fraction of sp³-hybridized carbons (Fsp3) is 0.467. The van der Waals surface area contributed by atoms with Crippen LogP contribution in [0.25, 0.3) is 0 Å². The third-order valence-electron chi connectivity index (χ3n) is 2.84. The molecule has 0 spiro atoms. The first kappa shape index (κ1) is 12.5. The number of esters is 3. The molecule has 1 aromatic rings. The van der Waals surface area contributed by atoms with Gasteiger partial charge in [-0.15, -0.1) is 0 Å². The minimum absolute atomic E-state index is 0.118. The maximum absolute atomic E-state index is 12.6. The summed E-state index contributed by atoms with van der Waals surface area (Å²) in [4.78, 5) is 37.5. The van der Waals surface area contributed by atoms with E-state index in [0.717, 1.165) is 18.3 Å². The van der Waals surface area contributed by atoms with Crippen molar-refractivity contribution in [1.82, 2.24) is 0 Å². The third-order valence-corrected chi connectivity index (χ3v) is 2.84. The van der Waals surface area contributed by atoms with Gasteiger partial charge in [0.2, 0.25) is 0 Å². The van der Waals surface area contributed by atoms with Crippen LogP contribution in [0.3, 0.4) is 0 Å². The first-order valence-electron chi connectivity index (χ1n) is 9.95. The van der Waals surface area contributed by atoms with Gasteiger partial charge in [0, 0.05) is 13.1 Å². The predicted octanol–water partition coefficient (Wildman–Crippen LogP) is -0.0126. The highest BCUT2D eigenvalue weighted by atomic mass is 16.6. The average Bonchev–Trinajstić information content (AvgIpc) is 2.58. The normalized spacial score (nSPS) is 15.3. The minimum atomic E-state index is -3.37. The van der Waals surface area contributed by atoms with Crippen molar-refractivity contribution in [3.05, 3.63) is 29.2 Å². The second kappa shape index (κ2) is 8.83. The van der Waals surface area contributed by atoms with E-state index in [0.29, 0.717) is 0 Å². The molecule has 0 amide bonds. The Kier molecular flexibility index (Phi) is 4.41. The zero-order chi connectivity index (χ0) is 24.0. The van der Waals surface area contributed by atoms with Crippen molar-refractivity contribution >= 4 is 23.6 Å². The number of rotatable bonds is 8. The zero-order valence-corrected chi connectivity index (χ0v) is 13.4. The summed E-state index contributed by atoms with van der Waals surface area (Å²) >= 11 is 0. The number of methoxy groups -OCH3 is 2. The van der Waals surface area contributed by atoms with Gasteiger partial charge in [-0.05, 0) is 19.9 Å². The lowest BCUT2D eigenvalue weighted by molar-refractivity contribution is -0.607. The first-order valence-corrected chi connectivity index (χ1v) is 6.95. The molecule has 0 saturated carbocycles. The Labute approximate surface area is 152 Å². The van der Waals surface area contributed by atoms with Crippen LogP contribution in [0.4, 0.5) is 5.69 Å². The summed E-state index contributed by atoms with van der Waals surface area (Å²) in [5.41, 5.74) is -4.86. The lowest BCUT2D eigenvalue weighted by Gasteiger charge is -2.29. The highest BCUT2D eigenvalue weighted by Crippen LogP contribution is 2.22. The van der Waals surface area contributed by atoms with Crippen LogP contribution in [0, 0.1) is 5.21 Å². The Morgan fingerprint density at radius 2 is 1.88 bits per heavy atom. The number of anilines is 1. The molecule has 0 aromatic carbocycles. The maximum atomic E-state index is 12.6. The SMILES string of the molecule is [2H]C([2H])([2H])OC(=O)c1c(NC(OC([2H])([2H])[2H])(C(=O)OCC)C(=O)OCC)ccc[n+]1[O-]. The Hall–Kier alpha value is -2.88. The Morgan fingerprint density at radius 1 is 1.24 bits per heavy atom. The highest BCUT2D eigenvalue weighted by Gasteiger charge is 2.51. The molecule has 1 rings (SSSR count). The number of nitrogens with one attached hydrogen (secondary N) is 1. The maximum Gasteiger partial charge on any atom is 0.407 e. The Bertz CT molecular complexity index is 809. The van der Waals surface area contributed by atoms with Gasteiger partial charge >= 0.3 is 29.3 Å². The molecule has 0 bridgehead atoms. The summed E-state index contributed by atoms with van der Waals surface area (Å²) in [5.74, 6) is -4.77. The molecule has 0 radical (unpaired) electrons. The number of hydrogen-bond donors (Lipinski definition) is 1. The van der Waals surface area contributed by atoms with Crippen molar-refractivity contribution in [1.29, 1.82) is 0 Å². The molecule has 10 heteroatoms. The van der Waals surface area contributed by atoms with E-state index < -0.39 is 49.1 Å². The summed E-state index contributed by atoms with van der Waals surface area (Å²) < 4.78 is 61.2. The van der Waals surface area contributed by atoms with E-state index in [-0.39, 0.29) is 17.9 Å². The number of nitrogens with zero attached hydrogens (tertiary/aromatic N) is 1. The lowest BCUT2D eigenvalue weighted by Crippen LogP contribution is -2.57.